The molecule has 0 radical (unpaired) electrons. The van der Waals surface area contributed by atoms with Gasteiger partial charge in [0.2, 0.25) is 17.7 Å². The van der Waals surface area contributed by atoms with E-state index >= 15 is 0 Å². The van der Waals surface area contributed by atoms with E-state index in [2.05, 4.69) is 20.6 Å². The molecule has 3 amide bonds. The van der Waals surface area contributed by atoms with E-state index in [0.29, 0.717) is 17.9 Å². The maximum atomic E-state index is 12.6. The second-order valence-corrected chi connectivity index (χ2v) is 7.12. The lowest BCUT2D eigenvalue weighted by atomic mass is 10.1. The third-order valence-electron chi connectivity index (χ3n) is 3.88. The Balaban J connectivity index is 2.84. The zero-order valence-electron chi connectivity index (χ0n) is 15.5. The monoisotopic (exact) mass is 414 g/mol. The van der Waals surface area contributed by atoms with Crippen molar-refractivity contribution in [3.8, 4) is 0 Å². The van der Waals surface area contributed by atoms with Crippen LogP contribution in [0.4, 0.5) is 0 Å². The summed E-state index contributed by atoms with van der Waals surface area (Å²) >= 11 is 1.54. The van der Waals surface area contributed by atoms with Crippen LogP contribution in [0.15, 0.2) is 12.5 Å². The van der Waals surface area contributed by atoms with Gasteiger partial charge < -0.3 is 32.2 Å². The normalized spacial score (nSPS) is 13.9. The number of nitrogens with zero attached hydrogens (tertiary/aromatic N) is 1. The van der Waals surface area contributed by atoms with Crippen molar-refractivity contribution in [1.82, 2.24) is 20.6 Å². The molecule has 0 aliphatic carbocycles. The minimum atomic E-state index is -1.31. The van der Waals surface area contributed by atoms with Gasteiger partial charge in [-0.05, 0) is 24.9 Å². The largest absolute Gasteiger partial charge is 0.480 e. The zero-order chi connectivity index (χ0) is 21.1. The van der Waals surface area contributed by atoms with Crippen LogP contribution in [0.2, 0.25) is 0 Å². The first-order valence-electron chi connectivity index (χ1n) is 8.58. The van der Waals surface area contributed by atoms with Gasteiger partial charge in [0.25, 0.3) is 0 Å². The van der Waals surface area contributed by atoms with E-state index in [-0.39, 0.29) is 19.3 Å². The quantitative estimate of drug-likeness (QED) is 0.221. The van der Waals surface area contributed by atoms with Gasteiger partial charge in [-0.2, -0.15) is 11.8 Å². The van der Waals surface area contributed by atoms with Crippen LogP contribution in [-0.4, -0.2) is 68.9 Å². The number of imidazole rings is 1. The molecule has 12 heteroatoms. The summed E-state index contributed by atoms with van der Waals surface area (Å²) in [7, 11) is 0. The van der Waals surface area contributed by atoms with Crippen LogP contribution in [0.3, 0.4) is 0 Å². The fourth-order valence-electron chi connectivity index (χ4n) is 2.30. The molecule has 156 valence electrons. The van der Waals surface area contributed by atoms with E-state index in [1.165, 1.54) is 12.5 Å². The number of aromatic amines is 1. The Morgan fingerprint density at radius 1 is 1.21 bits per heavy atom. The van der Waals surface area contributed by atoms with Gasteiger partial charge in [0, 0.05) is 24.7 Å². The third kappa shape index (κ3) is 8.39. The highest BCUT2D eigenvalue weighted by Crippen LogP contribution is 2.04. The number of nitrogens with one attached hydrogen (secondary N) is 3. The first-order chi connectivity index (χ1) is 13.2. The molecule has 3 atom stereocenters. The number of thioether (sulfide) groups is 1. The molecule has 0 bridgehead atoms. The zero-order valence-corrected chi connectivity index (χ0v) is 16.3. The number of carboxylic acids is 1. The number of primary amides is 1. The van der Waals surface area contributed by atoms with Crippen molar-refractivity contribution < 1.29 is 24.3 Å². The first kappa shape index (κ1) is 23.4. The molecule has 0 spiro atoms. The standard InChI is InChI=1S/C16H26N6O5S/c1-28-5-4-10(17)14(24)22-12(6-9-7-19-8-20-9)15(25)21-11(16(26)27)2-3-13(18)23/h7-8,10-12H,2-6,17H2,1H3,(H2,18,23)(H,19,20)(H,21,25)(H,22,24)(H,26,27)/t10-,11-,12-/m0/s1. The smallest absolute Gasteiger partial charge is 0.326 e. The third-order valence-corrected chi connectivity index (χ3v) is 4.52. The summed E-state index contributed by atoms with van der Waals surface area (Å²) in [4.78, 5) is 53.8. The molecule has 11 nitrogen and oxygen atoms in total. The van der Waals surface area contributed by atoms with Gasteiger partial charge in [-0.15, -0.1) is 0 Å². The number of rotatable bonds is 13. The Morgan fingerprint density at radius 3 is 2.43 bits per heavy atom. The fraction of sp³-hybridized carbons (Fsp3) is 0.562. The van der Waals surface area contributed by atoms with Crippen molar-refractivity contribution in [2.24, 2.45) is 11.5 Å². The Morgan fingerprint density at radius 2 is 1.89 bits per heavy atom. The molecular weight excluding hydrogens is 388 g/mol. The number of carboxylic acid groups (broad SMARTS) is 1. The number of aliphatic carboxylic acids is 1. The maximum Gasteiger partial charge on any atom is 0.326 e. The van der Waals surface area contributed by atoms with Crippen molar-refractivity contribution in [2.75, 3.05) is 12.0 Å². The SMILES string of the molecule is CSCC[C@H](N)C(=O)N[C@@H](Cc1cnc[nH]1)C(=O)N[C@@H](CCC(N)=O)C(=O)O. The molecule has 28 heavy (non-hydrogen) atoms. The number of nitrogens with two attached hydrogens (primary N) is 2. The lowest BCUT2D eigenvalue weighted by molar-refractivity contribution is -0.142. The summed E-state index contributed by atoms with van der Waals surface area (Å²) < 4.78 is 0. The van der Waals surface area contributed by atoms with Gasteiger partial charge in [0.05, 0.1) is 12.4 Å². The number of hydrogen-bond donors (Lipinski definition) is 6. The molecule has 1 rings (SSSR count). The summed E-state index contributed by atoms with van der Waals surface area (Å²) in [5, 5.41) is 14.1. The summed E-state index contributed by atoms with van der Waals surface area (Å²) in [6.45, 7) is 0. The topological polar surface area (TPSA) is 193 Å². The summed E-state index contributed by atoms with van der Waals surface area (Å²) in [5.41, 5.74) is 11.4. The lowest BCUT2D eigenvalue weighted by Gasteiger charge is -2.22. The predicted molar refractivity (Wildman–Crippen MR) is 103 cm³/mol. The molecule has 1 heterocycles. The Bertz CT molecular complexity index is 668. The van der Waals surface area contributed by atoms with E-state index in [9.17, 15) is 24.3 Å². The highest BCUT2D eigenvalue weighted by molar-refractivity contribution is 7.98. The van der Waals surface area contributed by atoms with Crippen LogP contribution in [0.1, 0.15) is 25.0 Å². The number of hydrogen-bond acceptors (Lipinski definition) is 7. The van der Waals surface area contributed by atoms with Gasteiger partial charge in [-0.25, -0.2) is 9.78 Å². The maximum absolute atomic E-state index is 12.6. The average Bonchev–Trinajstić information content (AvgIpc) is 3.14. The van der Waals surface area contributed by atoms with Crippen molar-refractivity contribution in [2.45, 2.75) is 43.8 Å². The Hall–Kier alpha value is -2.60. The molecule has 0 aliphatic heterocycles. The van der Waals surface area contributed by atoms with Crippen LogP contribution in [-0.2, 0) is 25.6 Å². The van der Waals surface area contributed by atoms with E-state index in [1.807, 2.05) is 6.26 Å². The van der Waals surface area contributed by atoms with Gasteiger partial charge in [0.1, 0.15) is 12.1 Å². The minimum Gasteiger partial charge on any atom is -0.480 e. The highest BCUT2D eigenvalue weighted by Gasteiger charge is 2.28. The first-order valence-corrected chi connectivity index (χ1v) is 9.97. The van der Waals surface area contributed by atoms with E-state index in [0.717, 1.165) is 0 Å². The lowest BCUT2D eigenvalue weighted by Crippen LogP contribution is -2.55. The van der Waals surface area contributed by atoms with Crippen molar-refractivity contribution in [3.05, 3.63) is 18.2 Å². The van der Waals surface area contributed by atoms with Crippen LogP contribution >= 0.6 is 11.8 Å². The molecule has 0 aliphatic rings. The molecule has 0 aromatic carbocycles. The fourth-order valence-corrected chi connectivity index (χ4v) is 2.79. The van der Waals surface area contributed by atoms with Crippen molar-refractivity contribution >= 4 is 35.5 Å². The summed E-state index contributed by atoms with van der Waals surface area (Å²) in [5.74, 6) is -2.53. The Labute approximate surface area is 166 Å². The molecular formula is C16H26N6O5S. The van der Waals surface area contributed by atoms with Crippen LogP contribution < -0.4 is 22.1 Å². The van der Waals surface area contributed by atoms with Crippen molar-refractivity contribution in [3.63, 3.8) is 0 Å². The minimum absolute atomic E-state index is 0.0645. The molecule has 8 N–H and O–H groups in total. The molecule has 0 fully saturated rings. The second-order valence-electron chi connectivity index (χ2n) is 6.13. The highest BCUT2D eigenvalue weighted by atomic mass is 32.2. The van der Waals surface area contributed by atoms with Crippen LogP contribution in [0.5, 0.6) is 0 Å². The molecule has 0 saturated carbocycles. The number of H-pyrrole nitrogens is 1. The van der Waals surface area contributed by atoms with Crippen LogP contribution in [0, 0.1) is 0 Å². The van der Waals surface area contributed by atoms with E-state index in [4.69, 9.17) is 11.5 Å². The number of amides is 3. The summed E-state index contributed by atoms with van der Waals surface area (Å²) in [6, 6.07) is -3.18. The molecule has 1 aromatic heterocycles. The average molecular weight is 414 g/mol. The van der Waals surface area contributed by atoms with E-state index < -0.39 is 41.8 Å². The second kappa shape index (κ2) is 12.0. The number of carbonyl (C=O) groups is 4. The van der Waals surface area contributed by atoms with Crippen LogP contribution in [0.25, 0.3) is 0 Å². The van der Waals surface area contributed by atoms with Gasteiger partial charge >= 0.3 is 5.97 Å². The molecule has 0 saturated heterocycles. The molecule has 0 unspecified atom stereocenters. The van der Waals surface area contributed by atoms with Gasteiger partial charge in [-0.1, -0.05) is 0 Å². The van der Waals surface area contributed by atoms with Gasteiger partial charge in [-0.3, -0.25) is 14.4 Å². The number of aromatic nitrogens is 2. The summed E-state index contributed by atoms with van der Waals surface area (Å²) in [6.07, 6.45) is 4.93. The van der Waals surface area contributed by atoms with Crippen molar-refractivity contribution in [1.29, 1.82) is 0 Å². The van der Waals surface area contributed by atoms with Gasteiger partial charge in [0.15, 0.2) is 0 Å². The molecule has 1 aromatic rings. The van der Waals surface area contributed by atoms with E-state index in [1.54, 1.807) is 11.8 Å². The predicted octanol–water partition coefficient (Wildman–Crippen LogP) is -1.65. The number of carbonyl (C=O) groups excluding carboxylic acids is 3. The Kier molecular flexibility index (Phi) is 10.0.